The van der Waals surface area contributed by atoms with E-state index >= 15 is 0 Å². The van der Waals surface area contributed by atoms with Crippen molar-refractivity contribution in [2.24, 2.45) is 0 Å². The monoisotopic (exact) mass is 367 g/mol. The molecule has 1 atom stereocenters. The van der Waals surface area contributed by atoms with Crippen molar-refractivity contribution in [2.75, 3.05) is 13.1 Å². The van der Waals surface area contributed by atoms with Gasteiger partial charge in [0.15, 0.2) is 0 Å². The van der Waals surface area contributed by atoms with Crippen LogP contribution in [0.2, 0.25) is 0 Å². The van der Waals surface area contributed by atoms with Crippen LogP contribution in [0.3, 0.4) is 0 Å². The molecular weight excluding hydrogens is 345 g/mol. The molecule has 140 valence electrons. The molecule has 2 aromatic carbocycles. The average Bonchev–Trinajstić information content (AvgIpc) is 2.67. The molecular formula is C21H22FN3O2. The van der Waals surface area contributed by atoms with Crippen LogP contribution in [0, 0.1) is 17.1 Å². The summed E-state index contributed by atoms with van der Waals surface area (Å²) in [6.45, 7) is 4.13. The molecule has 0 radical (unpaired) electrons. The number of halogens is 1. The van der Waals surface area contributed by atoms with Crippen LogP contribution in [0.15, 0.2) is 48.5 Å². The minimum absolute atomic E-state index is 0.0162. The zero-order valence-electron chi connectivity index (χ0n) is 15.4. The van der Waals surface area contributed by atoms with Gasteiger partial charge in [-0.1, -0.05) is 24.3 Å². The molecule has 0 aliphatic rings. The van der Waals surface area contributed by atoms with Crippen LogP contribution in [0.25, 0.3) is 0 Å². The van der Waals surface area contributed by atoms with Gasteiger partial charge < -0.3 is 10.2 Å². The molecule has 5 nitrogen and oxygen atoms in total. The maximum absolute atomic E-state index is 13.2. The molecule has 0 saturated heterocycles. The van der Waals surface area contributed by atoms with E-state index in [1.807, 2.05) is 26.0 Å². The van der Waals surface area contributed by atoms with Crippen molar-refractivity contribution in [2.45, 2.75) is 26.3 Å². The van der Waals surface area contributed by atoms with Crippen molar-refractivity contribution in [3.05, 3.63) is 71.0 Å². The Labute approximate surface area is 158 Å². The number of hydrogen-bond donors (Lipinski definition) is 1. The van der Waals surface area contributed by atoms with E-state index in [9.17, 15) is 14.0 Å². The third-order valence-corrected chi connectivity index (χ3v) is 4.34. The van der Waals surface area contributed by atoms with Crippen molar-refractivity contribution in [1.29, 1.82) is 5.26 Å². The lowest BCUT2D eigenvalue weighted by atomic mass is 10.0. The fourth-order valence-electron chi connectivity index (χ4n) is 2.85. The third kappa shape index (κ3) is 5.65. The Balaban J connectivity index is 1.93. The van der Waals surface area contributed by atoms with Crippen LogP contribution >= 0.6 is 0 Å². The van der Waals surface area contributed by atoms with Gasteiger partial charge in [-0.25, -0.2) is 4.39 Å². The van der Waals surface area contributed by atoms with Gasteiger partial charge in [-0.3, -0.25) is 9.59 Å². The maximum Gasteiger partial charge on any atom is 0.242 e. The Morgan fingerprint density at radius 1 is 1.22 bits per heavy atom. The fraction of sp³-hybridized carbons (Fsp3) is 0.286. The Hall–Kier alpha value is -3.20. The lowest BCUT2D eigenvalue weighted by molar-refractivity contribution is -0.134. The van der Waals surface area contributed by atoms with Gasteiger partial charge in [0.25, 0.3) is 0 Å². The highest BCUT2D eigenvalue weighted by Crippen LogP contribution is 2.20. The number of nitriles is 1. The van der Waals surface area contributed by atoms with Crippen LogP contribution in [-0.4, -0.2) is 29.8 Å². The molecule has 0 bridgehead atoms. The highest BCUT2D eigenvalue weighted by molar-refractivity contribution is 5.86. The highest BCUT2D eigenvalue weighted by atomic mass is 19.1. The number of hydrogen-bond acceptors (Lipinski definition) is 3. The number of likely N-dealkylation sites (N-methyl/N-ethyl adjacent to an activating group) is 1. The van der Waals surface area contributed by atoms with Gasteiger partial charge in [-0.2, -0.15) is 5.26 Å². The van der Waals surface area contributed by atoms with Crippen molar-refractivity contribution < 1.29 is 14.0 Å². The topological polar surface area (TPSA) is 73.2 Å². The molecule has 2 rings (SSSR count). The van der Waals surface area contributed by atoms with E-state index in [2.05, 4.69) is 11.4 Å². The molecule has 0 aliphatic heterocycles. The van der Waals surface area contributed by atoms with Crippen molar-refractivity contribution in [3.8, 4) is 6.07 Å². The zero-order chi connectivity index (χ0) is 19.8. The molecule has 0 aromatic heterocycles. The largest absolute Gasteiger partial charge is 0.347 e. The molecule has 2 amide bonds. The minimum Gasteiger partial charge on any atom is -0.347 e. The van der Waals surface area contributed by atoms with Crippen molar-refractivity contribution in [3.63, 3.8) is 0 Å². The van der Waals surface area contributed by atoms with Crippen LogP contribution in [0.5, 0.6) is 0 Å². The lowest BCUT2D eigenvalue weighted by Crippen LogP contribution is -2.41. The van der Waals surface area contributed by atoms with E-state index in [1.54, 1.807) is 29.2 Å². The van der Waals surface area contributed by atoms with E-state index in [1.165, 1.54) is 12.1 Å². The second-order valence-electron chi connectivity index (χ2n) is 6.17. The Bertz CT molecular complexity index is 843. The second kappa shape index (κ2) is 9.48. The highest BCUT2D eigenvalue weighted by Gasteiger charge is 2.20. The Morgan fingerprint density at radius 2 is 1.93 bits per heavy atom. The molecule has 0 aliphatic carbocycles. The number of carbonyl (C=O) groups is 2. The first-order valence-electron chi connectivity index (χ1n) is 8.75. The normalized spacial score (nSPS) is 11.3. The molecule has 1 N–H and O–H groups in total. The second-order valence-corrected chi connectivity index (χ2v) is 6.17. The number of amides is 2. The van der Waals surface area contributed by atoms with E-state index in [0.29, 0.717) is 17.7 Å². The smallest absolute Gasteiger partial charge is 0.242 e. The van der Waals surface area contributed by atoms with Crippen LogP contribution in [0.1, 0.15) is 36.6 Å². The third-order valence-electron chi connectivity index (χ3n) is 4.34. The van der Waals surface area contributed by atoms with Gasteiger partial charge >= 0.3 is 0 Å². The standard InChI is InChI=1S/C21H22FN3O2/c1-3-25(15(2)18-9-7-16(13-23)8-10-18)21(27)14-24-20(26)12-17-5-4-6-19(22)11-17/h4-11,15H,3,12,14H2,1-2H3,(H,24,26). The Morgan fingerprint density at radius 3 is 2.52 bits per heavy atom. The van der Waals surface area contributed by atoms with Gasteiger partial charge in [-0.05, 0) is 49.2 Å². The summed E-state index contributed by atoms with van der Waals surface area (Å²) in [5.41, 5.74) is 2.03. The zero-order valence-corrected chi connectivity index (χ0v) is 15.4. The summed E-state index contributed by atoms with van der Waals surface area (Å²) in [4.78, 5) is 26.2. The summed E-state index contributed by atoms with van der Waals surface area (Å²) in [7, 11) is 0. The van der Waals surface area contributed by atoms with E-state index in [0.717, 1.165) is 5.56 Å². The number of rotatable bonds is 7. The molecule has 6 heteroatoms. The number of benzene rings is 2. The molecule has 0 spiro atoms. The predicted molar refractivity (Wildman–Crippen MR) is 100 cm³/mol. The van der Waals surface area contributed by atoms with Crippen LogP contribution in [-0.2, 0) is 16.0 Å². The first kappa shape index (κ1) is 20.1. The molecule has 27 heavy (non-hydrogen) atoms. The van der Waals surface area contributed by atoms with Gasteiger partial charge in [0.05, 0.1) is 30.6 Å². The maximum atomic E-state index is 13.2. The Kier molecular flexibility index (Phi) is 7.07. The SMILES string of the molecule is CCN(C(=O)CNC(=O)Cc1cccc(F)c1)C(C)c1ccc(C#N)cc1. The summed E-state index contributed by atoms with van der Waals surface area (Å²) in [6.07, 6.45) is 0.0162. The van der Waals surface area contributed by atoms with Crippen LogP contribution < -0.4 is 5.32 Å². The summed E-state index contributed by atoms with van der Waals surface area (Å²) in [5, 5.41) is 11.5. The van der Waals surface area contributed by atoms with E-state index in [-0.39, 0.29) is 30.8 Å². The summed E-state index contributed by atoms with van der Waals surface area (Å²) >= 11 is 0. The lowest BCUT2D eigenvalue weighted by Gasteiger charge is -2.28. The van der Waals surface area contributed by atoms with Crippen molar-refractivity contribution >= 4 is 11.8 Å². The predicted octanol–water partition coefficient (Wildman–Crippen LogP) is 2.97. The van der Waals surface area contributed by atoms with E-state index < -0.39 is 5.82 Å². The minimum atomic E-state index is -0.398. The summed E-state index contributed by atoms with van der Waals surface area (Å²) < 4.78 is 13.2. The first-order chi connectivity index (χ1) is 12.9. The van der Waals surface area contributed by atoms with Gasteiger partial charge in [-0.15, -0.1) is 0 Å². The van der Waals surface area contributed by atoms with Gasteiger partial charge in [0.1, 0.15) is 5.82 Å². The molecule has 2 aromatic rings. The van der Waals surface area contributed by atoms with E-state index in [4.69, 9.17) is 5.26 Å². The fourth-order valence-corrected chi connectivity index (χ4v) is 2.85. The van der Waals surface area contributed by atoms with Gasteiger partial charge in [0, 0.05) is 6.54 Å². The number of nitrogens with one attached hydrogen (secondary N) is 1. The van der Waals surface area contributed by atoms with Gasteiger partial charge in [0.2, 0.25) is 11.8 Å². The first-order valence-corrected chi connectivity index (χ1v) is 8.75. The number of nitrogens with zero attached hydrogens (tertiary/aromatic N) is 2. The number of carbonyl (C=O) groups excluding carboxylic acids is 2. The summed E-state index contributed by atoms with van der Waals surface area (Å²) in [6, 6.07) is 14.8. The molecule has 1 unspecified atom stereocenters. The van der Waals surface area contributed by atoms with Crippen molar-refractivity contribution in [1.82, 2.24) is 10.2 Å². The molecule has 0 heterocycles. The summed E-state index contributed by atoms with van der Waals surface area (Å²) in [5.74, 6) is -0.942. The molecule has 0 saturated carbocycles. The quantitative estimate of drug-likeness (QED) is 0.818. The molecule has 0 fully saturated rings. The average molecular weight is 367 g/mol. The van der Waals surface area contributed by atoms with Crippen LogP contribution in [0.4, 0.5) is 4.39 Å².